The van der Waals surface area contributed by atoms with Crippen molar-refractivity contribution in [3.05, 3.63) is 143 Å². The summed E-state index contributed by atoms with van der Waals surface area (Å²) in [5, 5.41) is 5.55. The second kappa shape index (κ2) is 12.8. The Balaban J connectivity index is 1.51. The molecule has 39 heavy (non-hydrogen) atoms. The molecule has 6 nitrogen and oxygen atoms in total. The standard InChI is InChI=1S/C33H29N3O3/c1-36(2)29-20-13-25(14-21-29)23-30(35-32(38)27-11-7-4-8-12-27)33(39)34-28-18-16-26(17-19-28)31(37)22-15-24-9-5-3-6-10-24/h3-23H,1-2H3,(H,34,39)(H,35,38)/b22-15+,30-23-. The van der Waals surface area contributed by atoms with Crippen LogP contribution in [0.15, 0.2) is 121 Å². The SMILES string of the molecule is CN(C)c1ccc(/C=C(\NC(=O)c2ccccc2)C(=O)Nc2ccc(C(=O)/C=C/c3ccccc3)cc2)cc1. The van der Waals surface area contributed by atoms with Crippen molar-refractivity contribution in [2.45, 2.75) is 0 Å². The molecule has 0 atom stereocenters. The summed E-state index contributed by atoms with van der Waals surface area (Å²) in [6.45, 7) is 0. The second-order valence-electron chi connectivity index (χ2n) is 9.00. The van der Waals surface area contributed by atoms with Gasteiger partial charge in [0, 0.05) is 36.6 Å². The molecule has 0 aromatic heterocycles. The van der Waals surface area contributed by atoms with E-state index in [1.54, 1.807) is 60.7 Å². The van der Waals surface area contributed by atoms with Crippen molar-refractivity contribution < 1.29 is 14.4 Å². The fourth-order valence-corrected chi connectivity index (χ4v) is 3.73. The Kier molecular flexibility index (Phi) is 8.83. The van der Waals surface area contributed by atoms with Crippen LogP contribution in [0.25, 0.3) is 12.2 Å². The van der Waals surface area contributed by atoms with Gasteiger partial charge in [-0.25, -0.2) is 0 Å². The average Bonchev–Trinajstić information content (AvgIpc) is 2.97. The fraction of sp³-hybridized carbons (Fsp3) is 0.0606. The molecule has 0 unspecified atom stereocenters. The highest BCUT2D eigenvalue weighted by Gasteiger charge is 2.15. The number of benzene rings is 4. The van der Waals surface area contributed by atoms with Gasteiger partial charge in [-0.15, -0.1) is 0 Å². The van der Waals surface area contributed by atoms with E-state index in [1.807, 2.05) is 79.7 Å². The summed E-state index contributed by atoms with van der Waals surface area (Å²) < 4.78 is 0. The molecule has 0 aliphatic carbocycles. The molecule has 0 aliphatic heterocycles. The first-order chi connectivity index (χ1) is 18.9. The van der Waals surface area contributed by atoms with Gasteiger partial charge in [0.05, 0.1) is 0 Å². The number of carbonyl (C=O) groups excluding carboxylic acids is 3. The minimum absolute atomic E-state index is 0.0902. The van der Waals surface area contributed by atoms with Crippen molar-refractivity contribution >= 4 is 41.1 Å². The first-order valence-electron chi connectivity index (χ1n) is 12.4. The molecule has 0 radical (unpaired) electrons. The topological polar surface area (TPSA) is 78.5 Å². The van der Waals surface area contributed by atoms with Gasteiger partial charge < -0.3 is 15.5 Å². The minimum Gasteiger partial charge on any atom is -0.378 e. The van der Waals surface area contributed by atoms with Crippen LogP contribution < -0.4 is 15.5 Å². The summed E-state index contributed by atoms with van der Waals surface area (Å²) in [6.07, 6.45) is 4.90. The zero-order valence-electron chi connectivity index (χ0n) is 21.8. The summed E-state index contributed by atoms with van der Waals surface area (Å²) in [7, 11) is 3.89. The third-order valence-corrected chi connectivity index (χ3v) is 5.90. The number of hydrogen-bond acceptors (Lipinski definition) is 4. The van der Waals surface area contributed by atoms with Gasteiger partial charge in [0.15, 0.2) is 5.78 Å². The summed E-state index contributed by atoms with van der Waals surface area (Å²) in [5.41, 5.74) is 4.21. The number of nitrogens with zero attached hydrogens (tertiary/aromatic N) is 1. The van der Waals surface area contributed by atoms with Crippen molar-refractivity contribution in [1.82, 2.24) is 5.32 Å². The molecule has 4 rings (SSSR count). The third kappa shape index (κ3) is 7.63. The van der Waals surface area contributed by atoms with Crippen molar-refractivity contribution in [2.75, 3.05) is 24.3 Å². The van der Waals surface area contributed by atoms with Gasteiger partial charge in [0.1, 0.15) is 5.70 Å². The zero-order chi connectivity index (χ0) is 27.6. The fourth-order valence-electron chi connectivity index (χ4n) is 3.73. The van der Waals surface area contributed by atoms with Crippen LogP contribution >= 0.6 is 0 Å². The van der Waals surface area contributed by atoms with Gasteiger partial charge in [-0.05, 0) is 71.8 Å². The number of ketones is 1. The van der Waals surface area contributed by atoms with Crippen LogP contribution in [0, 0.1) is 0 Å². The van der Waals surface area contributed by atoms with Crippen molar-refractivity contribution in [1.29, 1.82) is 0 Å². The lowest BCUT2D eigenvalue weighted by Gasteiger charge is -2.13. The molecule has 4 aromatic rings. The van der Waals surface area contributed by atoms with E-state index >= 15 is 0 Å². The van der Waals surface area contributed by atoms with E-state index < -0.39 is 11.8 Å². The van der Waals surface area contributed by atoms with Crippen LogP contribution in [0.5, 0.6) is 0 Å². The Morgan fingerprint density at radius 1 is 0.667 bits per heavy atom. The van der Waals surface area contributed by atoms with Crippen LogP contribution in [0.4, 0.5) is 11.4 Å². The highest BCUT2D eigenvalue weighted by atomic mass is 16.2. The maximum atomic E-state index is 13.3. The zero-order valence-corrected chi connectivity index (χ0v) is 21.8. The number of anilines is 2. The summed E-state index contributed by atoms with van der Waals surface area (Å²) >= 11 is 0. The molecule has 0 saturated heterocycles. The highest BCUT2D eigenvalue weighted by Crippen LogP contribution is 2.17. The third-order valence-electron chi connectivity index (χ3n) is 5.90. The molecule has 0 heterocycles. The first-order valence-corrected chi connectivity index (χ1v) is 12.4. The smallest absolute Gasteiger partial charge is 0.272 e. The van der Waals surface area contributed by atoms with E-state index in [0.717, 1.165) is 16.8 Å². The summed E-state index contributed by atoms with van der Waals surface area (Å²) in [6, 6.07) is 32.5. The molecular weight excluding hydrogens is 486 g/mol. The van der Waals surface area contributed by atoms with E-state index in [9.17, 15) is 14.4 Å². The normalized spacial score (nSPS) is 11.2. The lowest BCUT2D eigenvalue weighted by molar-refractivity contribution is -0.113. The van der Waals surface area contributed by atoms with Crippen LogP contribution in [-0.4, -0.2) is 31.7 Å². The van der Waals surface area contributed by atoms with Crippen LogP contribution in [-0.2, 0) is 4.79 Å². The van der Waals surface area contributed by atoms with E-state index in [-0.39, 0.29) is 11.5 Å². The Morgan fingerprint density at radius 3 is 1.90 bits per heavy atom. The summed E-state index contributed by atoms with van der Waals surface area (Å²) in [4.78, 5) is 40.6. The van der Waals surface area contributed by atoms with E-state index in [1.165, 1.54) is 6.08 Å². The molecule has 0 saturated carbocycles. The van der Waals surface area contributed by atoms with Crippen LogP contribution in [0.2, 0.25) is 0 Å². The van der Waals surface area contributed by atoms with E-state index in [2.05, 4.69) is 10.6 Å². The second-order valence-corrected chi connectivity index (χ2v) is 9.00. The van der Waals surface area contributed by atoms with Crippen molar-refractivity contribution in [3.63, 3.8) is 0 Å². The lowest BCUT2D eigenvalue weighted by Crippen LogP contribution is -2.30. The van der Waals surface area contributed by atoms with Gasteiger partial charge >= 0.3 is 0 Å². The van der Waals surface area contributed by atoms with Crippen LogP contribution in [0.3, 0.4) is 0 Å². The largest absolute Gasteiger partial charge is 0.378 e. The van der Waals surface area contributed by atoms with E-state index in [0.29, 0.717) is 16.8 Å². The Hall–Kier alpha value is -5.23. The number of allylic oxidation sites excluding steroid dienone is 1. The van der Waals surface area contributed by atoms with Gasteiger partial charge in [0.2, 0.25) is 0 Å². The number of amides is 2. The Labute approximate surface area is 228 Å². The van der Waals surface area contributed by atoms with E-state index in [4.69, 9.17) is 0 Å². The maximum Gasteiger partial charge on any atom is 0.272 e. The van der Waals surface area contributed by atoms with Crippen molar-refractivity contribution in [2.24, 2.45) is 0 Å². The molecule has 0 spiro atoms. The molecule has 0 fully saturated rings. The highest BCUT2D eigenvalue weighted by molar-refractivity contribution is 6.11. The molecule has 0 aliphatic rings. The van der Waals surface area contributed by atoms with Gasteiger partial charge in [-0.1, -0.05) is 66.7 Å². The number of nitrogens with one attached hydrogen (secondary N) is 2. The quantitative estimate of drug-likeness (QED) is 0.210. The monoisotopic (exact) mass is 515 g/mol. The first kappa shape index (κ1) is 26.8. The van der Waals surface area contributed by atoms with Crippen molar-refractivity contribution in [3.8, 4) is 0 Å². The Bertz CT molecular complexity index is 1490. The number of rotatable bonds is 9. The van der Waals surface area contributed by atoms with Gasteiger partial charge in [0.25, 0.3) is 11.8 Å². The average molecular weight is 516 g/mol. The Morgan fingerprint density at radius 2 is 1.28 bits per heavy atom. The molecular formula is C33H29N3O3. The maximum absolute atomic E-state index is 13.3. The number of hydrogen-bond donors (Lipinski definition) is 2. The molecule has 194 valence electrons. The molecule has 2 N–H and O–H groups in total. The summed E-state index contributed by atoms with van der Waals surface area (Å²) in [5.74, 6) is -1.03. The predicted octanol–water partition coefficient (Wildman–Crippen LogP) is 6.06. The minimum atomic E-state index is -0.487. The van der Waals surface area contributed by atoms with Gasteiger partial charge in [-0.3, -0.25) is 14.4 Å². The van der Waals surface area contributed by atoms with Crippen LogP contribution in [0.1, 0.15) is 31.8 Å². The molecule has 6 heteroatoms. The predicted molar refractivity (Wildman–Crippen MR) is 158 cm³/mol. The van der Waals surface area contributed by atoms with Gasteiger partial charge in [-0.2, -0.15) is 0 Å². The number of carbonyl (C=O) groups is 3. The molecule has 2 amide bonds. The molecule has 0 bridgehead atoms. The molecule has 4 aromatic carbocycles. The lowest BCUT2D eigenvalue weighted by atomic mass is 10.1.